The minimum absolute atomic E-state index is 0.492. The zero-order valence-electron chi connectivity index (χ0n) is 11.7. The number of unbranched alkanes of at least 4 members (excludes halogenated alkanes) is 1. The Hall–Kier alpha value is -1.54. The molecule has 0 aromatic heterocycles. The second kappa shape index (κ2) is 7.30. The molecule has 1 aromatic rings. The van der Waals surface area contributed by atoms with E-state index in [0.717, 1.165) is 31.5 Å². The quantitative estimate of drug-likeness (QED) is 0.774. The van der Waals surface area contributed by atoms with Crippen LogP contribution in [0.15, 0.2) is 24.3 Å². The number of halogens is 3. The molecule has 0 heterocycles. The van der Waals surface area contributed by atoms with Gasteiger partial charge in [0.2, 0.25) is 0 Å². The van der Waals surface area contributed by atoms with Gasteiger partial charge in [-0.1, -0.05) is 32.4 Å². The SMILES string of the molecule is CCCCN(CC)C(C#N)c1ccc(C(F)(F)F)cc1. The first-order valence-electron chi connectivity index (χ1n) is 6.74. The molecule has 5 heteroatoms. The van der Waals surface area contributed by atoms with E-state index in [1.54, 1.807) is 0 Å². The number of alkyl halides is 3. The Kier molecular flexibility index (Phi) is 6.03. The van der Waals surface area contributed by atoms with Crippen LogP contribution in [0.1, 0.15) is 43.9 Å². The average Bonchev–Trinajstić information content (AvgIpc) is 2.42. The standard InChI is InChI=1S/C15H19F3N2/c1-3-5-10-20(4-2)14(11-19)12-6-8-13(9-7-12)15(16,17)18/h6-9,14H,3-5,10H2,1-2H3. The Morgan fingerprint density at radius 3 is 2.20 bits per heavy atom. The van der Waals surface area contributed by atoms with Crippen LogP contribution in [0, 0.1) is 11.3 Å². The van der Waals surface area contributed by atoms with Gasteiger partial charge in [0, 0.05) is 0 Å². The number of hydrogen-bond donors (Lipinski definition) is 0. The Labute approximate surface area is 117 Å². The molecule has 2 nitrogen and oxygen atoms in total. The van der Waals surface area contributed by atoms with E-state index in [9.17, 15) is 18.4 Å². The van der Waals surface area contributed by atoms with Gasteiger partial charge in [-0.15, -0.1) is 0 Å². The zero-order valence-corrected chi connectivity index (χ0v) is 11.7. The molecule has 1 unspecified atom stereocenters. The van der Waals surface area contributed by atoms with E-state index in [1.807, 2.05) is 11.8 Å². The molecule has 0 saturated heterocycles. The highest BCUT2D eigenvalue weighted by Crippen LogP contribution is 2.30. The summed E-state index contributed by atoms with van der Waals surface area (Å²) in [5, 5.41) is 9.30. The third-order valence-electron chi connectivity index (χ3n) is 3.25. The van der Waals surface area contributed by atoms with Crippen molar-refractivity contribution in [3.8, 4) is 6.07 Å². The van der Waals surface area contributed by atoms with Crippen molar-refractivity contribution in [3.05, 3.63) is 35.4 Å². The van der Waals surface area contributed by atoms with Crippen molar-refractivity contribution in [1.82, 2.24) is 4.90 Å². The minimum Gasteiger partial charge on any atom is -0.285 e. The summed E-state index contributed by atoms with van der Waals surface area (Å²) in [7, 11) is 0. The minimum atomic E-state index is -4.34. The van der Waals surface area contributed by atoms with Crippen LogP contribution in [0.2, 0.25) is 0 Å². The second-order valence-corrected chi connectivity index (χ2v) is 4.63. The van der Waals surface area contributed by atoms with Crippen LogP contribution >= 0.6 is 0 Å². The van der Waals surface area contributed by atoms with Crippen molar-refractivity contribution in [2.45, 2.75) is 38.9 Å². The van der Waals surface area contributed by atoms with Gasteiger partial charge in [0.25, 0.3) is 0 Å². The molecule has 0 fully saturated rings. The van der Waals surface area contributed by atoms with Crippen LogP contribution < -0.4 is 0 Å². The summed E-state index contributed by atoms with van der Waals surface area (Å²) in [4.78, 5) is 1.98. The largest absolute Gasteiger partial charge is 0.416 e. The maximum Gasteiger partial charge on any atom is 0.416 e. The summed E-state index contributed by atoms with van der Waals surface area (Å²) < 4.78 is 37.6. The number of nitriles is 1. The second-order valence-electron chi connectivity index (χ2n) is 4.63. The smallest absolute Gasteiger partial charge is 0.285 e. The lowest BCUT2D eigenvalue weighted by atomic mass is 10.0. The topological polar surface area (TPSA) is 27.0 Å². The third kappa shape index (κ3) is 4.24. The highest BCUT2D eigenvalue weighted by Gasteiger charge is 2.30. The van der Waals surface area contributed by atoms with Crippen LogP contribution in [0.4, 0.5) is 13.2 Å². The number of rotatable bonds is 6. The van der Waals surface area contributed by atoms with Gasteiger partial charge in [0.15, 0.2) is 0 Å². The predicted molar refractivity (Wildman–Crippen MR) is 72.0 cm³/mol. The summed E-state index contributed by atoms with van der Waals surface area (Å²) in [5.74, 6) is 0. The zero-order chi connectivity index (χ0) is 15.2. The Bertz CT molecular complexity index is 446. The molecule has 1 atom stereocenters. The van der Waals surface area contributed by atoms with Gasteiger partial charge in [0.1, 0.15) is 6.04 Å². The molecule has 0 spiro atoms. The molecule has 1 rings (SSSR count). The van der Waals surface area contributed by atoms with E-state index in [2.05, 4.69) is 13.0 Å². The maximum atomic E-state index is 12.5. The van der Waals surface area contributed by atoms with Gasteiger partial charge in [-0.25, -0.2) is 0 Å². The molecule has 1 aromatic carbocycles. The number of hydrogen-bond acceptors (Lipinski definition) is 2. The Balaban J connectivity index is 2.92. The van der Waals surface area contributed by atoms with Crippen LogP contribution in [-0.2, 0) is 6.18 Å². The average molecular weight is 284 g/mol. The van der Waals surface area contributed by atoms with Gasteiger partial charge >= 0.3 is 6.18 Å². The first kappa shape index (κ1) is 16.5. The highest BCUT2D eigenvalue weighted by molar-refractivity contribution is 5.29. The Morgan fingerprint density at radius 1 is 1.20 bits per heavy atom. The van der Waals surface area contributed by atoms with Crippen LogP contribution in [0.5, 0.6) is 0 Å². The fraction of sp³-hybridized carbons (Fsp3) is 0.533. The molecule has 0 bridgehead atoms. The molecule has 0 aliphatic heterocycles. The van der Waals surface area contributed by atoms with E-state index in [0.29, 0.717) is 12.1 Å². The summed E-state index contributed by atoms with van der Waals surface area (Å²) in [5.41, 5.74) is -0.0759. The predicted octanol–water partition coefficient (Wildman–Crippen LogP) is 4.39. The van der Waals surface area contributed by atoms with E-state index in [1.165, 1.54) is 12.1 Å². The summed E-state index contributed by atoms with van der Waals surface area (Å²) in [6.45, 7) is 5.48. The van der Waals surface area contributed by atoms with Crippen molar-refractivity contribution in [1.29, 1.82) is 5.26 Å². The summed E-state index contributed by atoms with van der Waals surface area (Å²) >= 11 is 0. The van der Waals surface area contributed by atoms with Crippen molar-refractivity contribution < 1.29 is 13.2 Å². The van der Waals surface area contributed by atoms with Crippen LogP contribution in [0.3, 0.4) is 0 Å². The highest BCUT2D eigenvalue weighted by atomic mass is 19.4. The van der Waals surface area contributed by atoms with E-state index in [-0.39, 0.29) is 0 Å². The van der Waals surface area contributed by atoms with E-state index < -0.39 is 17.8 Å². The molecule has 0 aliphatic rings. The Morgan fingerprint density at radius 2 is 1.80 bits per heavy atom. The lowest BCUT2D eigenvalue weighted by Gasteiger charge is -2.26. The molecule has 0 N–H and O–H groups in total. The van der Waals surface area contributed by atoms with Gasteiger partial charge in [-0.3, -0.25) is 4.90 Å². The third-order valence-corrected chi connectivity index (χ3v) is 3.25. The molecular weight excluding hydrogens is 265 g/mol. The van der Waals surface area contributed by atoms with Crippen molar-refractivity contribution in [3.63, 3.8) is 0 Å². The molecule has 0 radical (unpaired) electrons. The summed E-state index contributed by atoms with van der Waals surface area (Å²) in [6.07, 6.45) is -2.36. The van der Waals surface area contributed by atoms with E-state index >= 15 is 0 Å². The fourth-order valence-corrected chi connectivity index (χ4v) is 2.05. The van der Waals surface area contributed by atoms with Gasteiger partial charge < -0.3 is 0 Å². The van der Waals surface area contributed by atoms with Crippen LogP contribution in [0.25, 0.3) is 0 Å². The van der Waals surface area contributed by atoms with Crippen molar-refractivity contribution >= 4 is 0 Å². The number of benzene rings is 1. The molecular formula is C15H19F3N2. The van der Waals surface area contributed by atoms with Gasteiger partial charge in [-0.05, 0) is 37.2 Å². The van der Waals surface area contributed by atoms with Crippen LogP contribution in [-0.4, -0.2) is 18.0 Å². The maximum absolute atomic E-state index is 12.5. The number of nitrogens with zero attached hydrogens (tertiary/aromatic N) is 2. The normalized spacial score (nSPS) is 13.2. The molecule has 110 valence electrons. The lowest BCUT2D eigenvalue weighted by molar-refractivity contribution is -0.137. The van der Waals surface area contributed by atoms with Gasteiger partial charge in [0.05, 0.1) is 11.6 Å². The van der Waals surface area contributed by atoms with E-state index in [4.69, 9.17) is 0 Å². The first-order valence-corrected chi connectivity index (χ1v) is 6.74. The van der Waals surface area contributed by atoms with Crippen molar-refractivity contribution in [2.24, 2.45) is 0 Å². The summed E-state index contributed by atoms with van der Waals surface area (Å²) in [6, 6.07) is 6.55. The monoisotopic (exact) mass is 284 g/mol. The molecule has 0 aliphatic carbocycles. The molecule has 20 heavy (non-hydrogen) atoms. The fourth-order valence-electron chi connectivity index (χ4n) is 2.05. The van der Waals surface area contributed by atoms with Gasteiger partial charge in [-0.2, -0.15) is 18.4 Å². The van der Waals surface area contributed by atoms with Crippen molar-refractivity contribution in [2.75, 3.05) is 13.1 Å². The lowest BCUT2D eigenvalue weighted by Crippen LogP contribution is -2.28. The molecule has 0 amide bonds. The molecule has 0 saturated carbocycles. The first-order chi connectivity index (χ1) is 9.43.